The number of anilines is 1. The summed E-state index contributed by atoms with van der Waals surface area (Å²) >= 11 is 2.90. The van der Waals surface area contributed by atoms with Gasteiger partial charge in [-0.05, 0) is 81.7 Å². The Labute approximate surface area is 297 Å². The van der Waals surface area contributed by atoms with Crippen LogP contribution in [0.4, 0.5) is 5.69 Å². The third-order valence-electron chi connectivity index (χ3n) is 7.90. The first-order valence-electron chi connectivity index (χ1n) is 16.1. The van der Waals surface area contributed by atoms with Crippen molar-refractivity contribution in [3.05, 3.63) is 80.4 Å². The number of carboxylic acid groups (broad SMARTS) is 2. The van der Waals surface area contributed by atoms with E-state index in [1.807, 2.05) is 49.4 Å². The highest BCUT2D eigenvalue weighted by molar-refractivity contribution is 7.24. The van der Waals surface area contributed by atoms with Crippen LogP contribution in [-0.2, 0) is 19.2 Å². The molecule has 12 nitrogen and oxygen atoms in total. The zero-order valence-electron chi connectivity index (χ0n) is 28.0. The van der Waals surface area contributed by atoms with E-state index in [2.05, 4.69) is 28.9 Å². The maximum Gasteiger partial charge on any atom is 0.345 e. The van der Waals surface area contributed by atoms with Crippen LogP contribution in [0.2, 0.25) is 0 Å². The molecule has 4 aromatic rings. The number of aliphatic carboxylic acids is 2. The Bertz CT molecular complexity index is 2000. The molecule has 0 saturated heterocycles. The van der Waals surface area contributed by atoms with Crippen molar-refractivity contribution in [2.24, 2.45) is 0 Å². The van der Waals surface area contributed by atoms with Crippen LogP contribution < -0.4 is 15.8 Å². The minimum absolute atomic E-state index is 0.0129. The lowest BCUT2D eigenvalue weighted by Crippen LogP contribution is -2.39. The lowest BCUT2D eigenvalue weighted by atomic mass is 10.1. The number of rotatable bonds is 17. The first-order valence-corrected chi connectivity index (χ1v) is 17.7. The summed E-state index contributed by atoms with van der Waals surface area (Å²) in [6.07, 6.45) is 2.98. The molecule has 14 heteroatoms. The van der Waals surface area contributed by atoms with Gasteiger partial charge in [-0.25, -0.2) is 9.64 Å². The number of carbonyl (C=O) groups is 4. The van der Waals surface area contributed by atoms with Gasteiger partial charge in [-0.3, -0.25) is 19.2 Å². The summed E-state index contributed by atoms with van der Waals surface area (Å²) in [6.45, 7) is 14.2. The van der Waals surface area contributed by atoms with Gasteiger partial charge in [0.25, 0.3) is 5.70 Å². The third kappa shape index (κ3) is 9.67. The largest absolute Gasteiger partial charge is 0.480 e. The van der Waals surface area contributed by atoms with E-state index >= 15 is 0 Å². The van der Waals surface area contributed by atoms with Gasteiger partial charge in [0.05, 0.1) is 12.1 Å². The van der Waals surface area contributed by atoms with E-state index in [0.29, 0.717) is 30.4 Å². The maximum atomic E-state index is 13.0. The Morgan fingerprint density at radius 3 is 2.28 bits per heavy atom. The molecule has 3 aromatic heterocycles. The van der Waals surface area contributed by atoms with Crippen molar-refractivity contribution in [3.8, 4) is 20.2 Å². The molecular formula is C36H38N4O8S2. The van der Waals surface area contributed by atoms with E-state index in [-0.39, 0.29) is 18.7 Å². The molecule has 0 fully saturated rings. The van der Waals surface area contributed by atoms with Crippen LogP contribution in [0.5, 0.6) is 0 Å². The Kier molecular flexibility index (Phi) is 13.1. The Balaban J connectivity index is 1.36. The molecule has 1 aromatic carbocycles. The summed E-state index contributed by atoms with van der Waals surface area (Å²) in [6, 6.07) is 13.6. The Hall–Kier alpha value is -5.26. The van der Waals surface area contributed by atoms with Gasteiger partial charge in [-0.1, -0.05) is 6.42 Å². The third-order valence-corrected chi connectivity index (χ3v) is 10.4. The number of thiophene rings is 2. The molecule has 3 heterocycles. The molecule has 0 bridgehead atoms. The maximum absolute atomic E-state index is 13.0. The Morgan fingerprint density at radius 2 is 1.62 bits per heavy atom. The van der Waals surface area contributed by atoms with Crippen LogP contribution in [0.15, 0.2) is 57.4 Å². The summed E-state index contributed by atoms with van der Waals surface area (Å²) < 4.78 is 5.73. The number of carbonyl (C=O) groups excluding carboxylic acids is 2. The van der Waals surface area contributed by atoms with E-state index in [1.54, 1.807) is 6.08 Å². The molecule has 4 rings (SSSR count). The van der Waals surface area contributed by atoms with Crippen LogP contribution >= 0.6 is 22.7 Å². The lowest BCUT2D eigenvalue weighted by Gasteiger charge is -2.20. The average Bonchev–Trinajstić information content (AvgIpc) is 3.71. The number of fused-ring (bicyclic) bond motifs is 1. The highest BCUT2D eigenvalue weighted by Crippen LogP contribution is 2.39. The zero-order valence-corrected chi connectivity index (χ0v) is 29.6. The molecule has 3 N–H and O–H groups in total. The van der Waals surface area contributed by atoms with Gasteiger partial charge >= 0.3 is 17.6 Å². The van der Waals surface area contributed by atoms with E-state index in [4.69, 9.17) is 21.2 Å². The molecule has 50 heavy (non-hydrogen) atoms. The van der Waals surface area contributed by atoms with Gasteiger partial charge in [0.2, 0.25) is 11.8 Å². The summed E-state index contributed by atoms with van der Waals surface area (Å²) in [4.78, 5) is 69.6. The van der Waals surface area contributed by atoms with Crippen LogP contribution in [0.1, 0.15) is 50.0 Å². The molecule has 0 unspecified atom stereocenters. The van der Waals surface area contributed by atoms with Crippen molar-refractivity contribution >= 4 is 69.2 Å². The number of unbranched alkanes of at least 4 members (excludes halogenated alkanes) is 2. The number of nitrogens with zero attached hydrogens (tertiary/aromatic N) is 3. The molecule has 2 amide bonds. The molecule has 0 spiro atoms. The number of benzene rings is 1. The smallest absolute Gasteiger partial charge is 0.345 e. The highest BCUT2D eigenvalue weighted by Gasteiger charge is 2.20. The topological polar surface area (TPSA) is 162 Å². The number of hydrogen-bond acceptors (Lipinski definition) is 9. The van der Waals surface area contributed by atoms with Crippen LogP contribution in [0.25, 0.3) is 42.1 Å². The molecule has 0 aliphatic rings. The van der Waals surface area contributed by atoms with Gasteiger partial charge in [-0.15, -0.1) is 22.7 Å². The van der Waals surface area contributed by atoms with Crippen LogP contribution in [0, 0.1) is 13.5 Å². The molecule has 0 atom stereocenters. The second-order valence-electron chi connectivity index (χ2n) is 11.4. The normalized spacial score (nSPS) is 11.3. The molecule has 0 aliphatic heterocycles. The van der Waals surface area contributed by atoms with Crippen LogP contribution in [-0.4, -0.2) is 71.6 Å². The molecule has 0 radical (unpaired) electrons. The standard InChI is InChI=1S/C36H38N4O8S2/c1-5-39(6-2)24-12-11-23-17-25(36(47)48-27(23)18-24)28-13-14-29(49-28)31-16-22(3)30(50-31)19-26(37-4)35(46)38-15-9-7-8-10-32(41)40(20-33(42)43)21-34(44)45/h11-14,16-19H,5-10,15,20-21H2,1-3H3,(H,38,46)(H,42,43)(H,44,45)/b26-19-. The van der Waals surface area contributed by atoms with E-state index in [1.165, 1.54) is 22.7 Å². The van der Waals surface area contributed by atoms with Crippen molar-refractivity contribution in [1.82, 2.24) is 10.2 Å². The highest BCUT2D eigenvalue weighted by atomic mass is 32.1. The summed E-state index contributed by atoms with van der Waals surface area (Å²) in [7, 11) is 0. The van der Waals surface area contributed by atoms with Gasteiger partial charge in [0.15, 0.2) is 0 Å². The average molecular weight is 719 g/mol. The Morgan fingerprint density at radius 1 is 0.920 bits per heavy atom. The predicted octanol–water partition coefficient (Wildman–Crippen LogP) is 6.34. The monoisotopic (exact) mass is 718 g/mol. The van der Waals surface area contributed by atoms with Crippen LogP contribution in [0.3, 0.4) is 0 Å². The van der Waals surface area contributed by atoms with Crippen molar-refractivity contribution in [2.45, 2.75) is 46.5 Å². The SMILES string of the molecule is [C-]#[N+]/C(=C\c1sc(-c2ccc(-c3cc4ccc(N(CC)CC)cc4oc3=O)s2)cc1C)C(=O)NCCCCCC(=O)N(CC(=O)O)CC(=O)O. The van der Waals surface area contributed by atoms with E-state index < -0.39 is 42.5 Å². The summed E-state index contributed by atoms with van der Waals surface area (Å²) in [5, 5.41) is 21.4. The number of nitrogens with one attached hydrogen (secondary N) is 1. The number of carboxylic acids is 2. The fourth-order valence-corrected chi connectivity index (χ4v) is 7.50. The number of aryl methyl sites for hydroxylation is 1. The zero-order chi connectivity index (χ0) is 36.4. The number of amides is 2. The number of hydrogen-bond donors (Lipinski definition) is 3. The summed E-state index contributed by atoms with van der Waals surface area (Å²) in [5.74, 6) is -3.67. The second-order valence-corrected chi connectivity index (χ2v) is 13.6. The van der Waals surface area contributed by atoms with Crippen molar-refractivity contribution in [3.63, 3.8) is 0 Å². The quantitative estimate of drug-likeness (QED) is 0.0490. The predicted molar refractivity (Wildman–Crippen MR) is 195 cm³/mol. The van der Waals surface area contributed by atoms with E-state index in [9.17, 15) is 24.0 Å². The van der Waals surface area contributed by atoms with Gasteiger partial charge in [-0.2, -0.15) is 0 Å². The minimum Gasteiger partial charge on any atom is -0.480 e. The van der Waals surface area contributed by atoms with Crippen molar-refractivity contribution in [1.29, 1.82) is 0 Å². The van der Waals surface area contributed by atoms with Crippen molar-refractivity contribution < 1.29 is 33.8 Å². The van der Waals surface area contributed by atoms with Gasteiger partial charge in [0, 0.05) is 62.7 Å². The minimum atomic E-state index is -1.29. The summed E-state index contributed by atoms with van der Waals surface area (Å²) in [5.41, 5.74) is 2.44. The first-order chi connectivity index (χ1) is 23.9. The molecular weight excluding hydrogens is 681 g/mol. The van der Waals surface area contributed by atoms with Gasteiger partial charge in [0.1, 0.15) is 18.7 Å². The molecule has 0 aliphatic carbocycles. The molecule has 0 saturated carbocycles. The second kappa shape index (κ2) is 17.4. The van der Waals surface area contributed by atoms with Crippen molar-refractivity contribution in [2.75, 3.05) is 37.6 Å². The fourth-order valence-electron chi connectivity index (χ4n) is 5.29. The molecule has 262 valence electrons. The fraction of sp³-hybridized carbons (Fsp3) is 0.333. The first kappa shape index (κ1) is 37.6. The lowest BCUT2D eigenvalue weighted by molar-refractivity contribution is -0.149. The van der Waals surface area contributed by atoms with Gasteiger partial charge < -0.3 is 29.7 Å². The van der Waals surface area contributed by atoms with E-state index in [0.717, 1.165) is 54.1 Å².